The average Bonchev–Trinajstić information content (AvgIpc) is 3.09. The minimum atomic E-state index is -3.22. The molecule has 3 rings (SSSR count). The van der Waals surface area contributed by atoms with Crippen molar-refractivity contribution in [2.24, 2.45) is 0 Å². The molecular weight excluding hydrogens is 324 g/mol. The van der Waals surface area contributed by atoms with Crippen LogP contribution in [0.4, 0.5) is 5.69 Å². The van der Waals surface area contributed by atoms with Crippen LogP contribution in [0.15, 0.2) is 76.2 Å². The predicted molar refractivity (Wildman–Crippen MR) is 94.1 cm³/mol. The summed E-state index contributed by atoms with van der Waals surface area (Å²) in [5.74, 6) is 1.01. The van der Waals surface area contributed by atoms with Crippen molar-refractivity contribution < 1.29 is 12.8 Å². The van der Waals surface area contributed by atoms with E-state index in [2.05, 4.69) is 5.32 Å². The van der Waals surface area contributed by atoms with Crippen molar-refractivity contribution in [2.75, 3.05) is 11.6 Å². The smallest absolute Gasteiger partial charge is 0.175 e. The highest BCUT2D eigenvalue weighted by atomic mass is 32.2. The zero-order valence-electron chi connectivity index (χ0n) is 13.0. The molecule has 6 heteroatoms. The van der Waals surface area contributed by atoms with Crippen molar-refractivity contribution in [1.82, 2.24) is 0 Å². The number of anilines is 1. The summed E-state index contributed by atoms with van der Waals surface area (Å²) in [7, 11) is -3.22. The van der Waals surface area contributed by atoms with E-state index in [0.29, 0.717) is 5.69 Å². The van der Waals surface area contributed by atoms with Crippen molar-refractivity contribution in [2.45, 2.75) is 4.90 Å². The molecule has 122 valence electrons. The molecule has 0 unspecified atom stereocenters. The van der Waals surface area contributed by atoms with Gasteiger partial charge < -0.3 is 9.73 Å². The number of hydrogen-bond acceptors (Lipinski definition) is 4. The van der Waals surface area contributed by atoms with Gasteiger partial charge in [0, 0.05) is 23.1 Å². The molecule has 0 aliphatic rings. The molecule has 0 spiro atoms. The molecule has 0 saturated carbocycles. The van der Waals surface area contributed by atoms with Crippen LogP contribution in [0.3, 0.4) is 0 Å². The quantitative estimate of drug-likeness (QED) is 0.559. The molecule has 1 heterocycles. The lowest BCUT2D eigenvalue weighted by Gasteiger charge is -2.09. The van der Waals surface area contributed by atoms with E-state index in [-0.39, 0.29) is 10.7 Å². The molecule has 3 aromatic rings. The summed E-state index contributed by atoms with van der Waals surface area (Å²) < 4.78 is 28.2. The Morgan fingerprint density at radius 3 is 2.21 bits per heavy atom. The van der Waals surface area contributed by atoms with Gasteiger partial charge in [-0.1, -0.05) is 24.3 Å². The third kappa shape index (κ3) is 3.55. The molecule has 0 saturated heterocycles. The summed E-state index contributed by atoms with van der Waals surface area (Å²) >= 11 is 0. The van der Waals surface area contributed by atoms with E-state index < -0.39 is 9.84 Å². The fraction of sp³-hybridized carbons (Fsp3) is 0.0556. The van der Waals surface area contributed by atoms with Gasteiger partial charge in [-0.2, -0.15) is 0 Å². The first-order valence-corrected chi connectivity index (χ1v) is 9.13. The second-order valence-electron chi connectivity index (χ2n) is 5.35. The minimum absolute atomic E-state index is 0.230. The summed E-state index contributed by atoms with van der Waals surface area (Å²) in [4.78, 5) is 0.252. The second-order valence-corrected chi connectivity index (χ2v) is 7.37. The van der Waals surface area contributed by atoms with Gasteiger partial charge in [0.05, 0.1) is 11.2 Å². The van der Waals surface area contributed by atoms with Crippen LogP contribution >= 0.6 is 0 Å². The van der Waals surface area contributed by atoms with Crippen LogP contribution in [0.25, 0.3) is 11.3 Å². The molecule has 24 heavy (non-hydrogen) atoms. The van der Waals surface area contributed by atoms with Crippen LogP contribution in [0.5, 0.6) is 0 Å². The first-order valence-electron chi connectivity index (χ1n) is 7.23. The van der Waals surface area contributed by atoms with Gasteiger partial charge in [-0.3, -0.25) is 5.41 Å². The topological polar surface area (TPSA) is 83.2 Å². The van der Waals surface area contributed by atoms with Crippen LogP contribution in [-0.4, -0.2) is 20.5 Å². The maximum absolute atomic E-state index is 11.4. The van der Waals surface area contributed by atoms with Crippen molar-refractivity contribution >= 4 is 21.4 Å². The summed E-state index contributed by atoms with van der Waals surface area (Å²) in [6.07, 6.45) is 2.78. The lowest BCUT2D eigenvalue weighted by atomic mass is 10.1. The molecule has 0 radical (unpaired) electrons. The fourth-order valence-electron chi connectivity index (χ4n) is 2.25. The third-order valence-corrected chi connectivity index (χ3v) is 4.66. The highest BCUT2D eigenvalue weighted by Crippen LogP contribution is 2.21. The number of nitrogens with one attached hydrogen (secondary N) is 2. The van der Waals surface area contributed by atoms with E-state index in [1.165, 1.54) is 12.1 Å². The third-order valence-electron chi connectivity index (χ3n) is 3.53. The number of furan rings is 1. The lowest BCUT2D eigenvalue weighted by Crippen LogP contribution is -2.11. The van der Waals surface area contributed by atoms with Gasteiger partial charge >= 0.3 is 0 Å². The Bertz CT molecular complexity index is 943. The Morgan fingerprint density at radius 2 is 1.67 bits per heavy atom. The van der Waals surface area contributed by atoms with E-state index in [0.717, 1.165) is 23.1 Å². The average molecular weight is 340 g/mol. The van der Waals surface area contributed by atoms with Crippen molar-refractivity contribution in [1.29, 1.82) is 5.41 Å². The molecule has 2 aromatic carbocycles. The maximum Gasteiger partial charge on any atom is 0.175 e. The molecule has 0 fully saturated rings. The highest BCUT2D eigenvalue weighted by molar-refractivity contribution is 7.90. The maximum atomic E-state index is 11.4. The second kappa shape index (κ2) is 6.33. The first kappa shape index (κ1) is 16.0. The van der Waals surface area contributed by atoms with E-state index in [1.807, 2.05) is 36.4 Å². The summed E-state index contributed by atoms with van der Waals surface area (Å²) in [5, 5.41) is 11.1. The van der Waals surface area contributed by atoms with E-state index >= 15 is 0 Å². The van der Waals surface area contributed by atoms with Gasteiger partial charge in [0.1, 0.15) is 11.6 Å². The largest absolute Gasteiger partial charge is 0.464 e. The van der Waals surface area contributed by atoms with Crippen molar-refractivity contribution in [3.63, 3.8) is 0 Å². The van der Waals surface area contributed by atoms with E-state index in [9.17, 15) is 8.42 Å². The molecule has 2 N–H and O–H groups in total. The van der Waals surface area contributed by atoms with Gasteiger partial charge in [0.25, 0.3) is 0 Å². The van der Waals surface area contributed by atoms with E-state index in [4.69, 9.17) is 9.83 Å². The fourth-order valence-corrected chi connectivity index (χ4v) is 2.88. The van der Waals surface area contributed by atoms with Crippen LogP contribution in [-0.2, 0) is 9.84 Å². The van der Waals surface area contributed by atoms with E-state index in [1.54, 1.807) is 18.4 Å². The number of benzene rings is 2. The van der Waals surface area contributed by atoms with Gasteiger partial charge in [-0.15, -0.1) is 0 Å². The number of hydrogen-bond donors (Lipinski definition) is 2. The summed E-state index contributed by atoms with van der Waals surface area (Å²) in [6, 6.07) is 17.5. The standard InChI is InChI=1S/C18H16N2O3S/c1-24(21,22)16-10-8-15(9-11-16)20-18(19)14-6-4-13(5-7-14)17-3-2-12-23-17/h2-12H,1H3,(H2,19,20). The normalized spacial score (nSPS) is 11.2. The molecule has 0 atom stereocenters. The molecule has 1 aromatic heterocycles. The molecule has 0 aliphatic heterocycles. The highest BCUT2D eigenvalue weighted by Gasteiger charge is 2.08. The Kier molecular flexibility index (Phi) is 4.22. The zero-order valence-corrected chi connectivity index (χ0v) is 13.8. The Balaban J connectivity index is 1.73. The Labute approximate surface area is 140 Å². The first-order chi connectivity index (χ1) is 11.4. The number of sulfone groups is 1. The summed E-state index contributed by atoms with van der Waals surface area (Å²) in [6.45, 7) is 0. The molecule has 0 aliphatic carbocycles. The zero-order chi connectivity index (χ0) is 17.2. The van der Waals surface area contributed by atoms with Crippen LogP contribution in [0.2, 0.25) is 0 Å². The monoisotopic (exact) mass is 340 g/mol. The molecule has 0 amide bonds. The SMILES string of the molecule is CS(=O)(=O)c1ccc(NC(=N)c2ccc(-c3ccco3)cc2)cc1. The predicted octanol–water partition coefficient (Wildman–Crippen LogP) is 3.79. The van der Waals surface area contributed by atoms with Gasteiger partial charge in [0.2, 0.25) is 0 Å². The van der Waals surface area contributed by atoms with Gasteiger partial charge in [0.15, 0.2) is 9.84 Å². The molecule has 5 nitrogen and oxygen atoms in total. The van der Waals surface area contributed by atoms with Gasteiger partial charge in [-0.05, 0) is 36.4 Å². The van der Waals surface area contributed by atoms with Crippen molar-refractivity contribution in [3.8, 4) is 11.3 Å². The Morgan fingerprint density at radius 1 is 1.00 bits per heavy atom. The molecular formula is C18H16N2O3S. The minimum Gasteiger partial charge on any atom is -0.464 e. The molecule has 0 bridgehead atoms. The number of rotatable bonds is 4. The summed E-state index contributed by atoms with van der Waals surface area (Å²) in [5.41, 5.74) is 2.31. The van der Waals surface area contributed by atoms with Crippen molar-refractivity contribution in [3.05, 3.63) is 72.5 Å². The van der Waals surface area contributed by atoms with Crippen LogP contribution < -0.4 is 5.32 Å². The van der Waals surface area contributed by atoms with Crippen LogP contribution in [0, 0.1) is 5.41 Å². The van der Waals surface area contributed by atoms with Crippen LogP contribution in [0.1, 0.15) is 5.56 Å². The number of amidine groups is 1. The van der Waals surface area contributed by atoms with Gasteiger partial charge in [-0.25, -0.2) is 8.42 Å². The Hall–Kier alpha value is -2.86. The lowest BCUT2D eigenvalue weighted by molar-refractivity contribution is 0.582.